The summed E-state index contributed by atoms with van der Waals surface area (Å²) in [5, 5.41) is 4.55. The molecule has 0 amide bonds. The molecule has 2 rings (SSSR count). The third-order valence-electron chi connectivity index (χ3n) is 2.76. The van der Waals surface area contributed by atoms with Crippen LogP contribution in [0.4, 0.5) is 0 Å². The first kappa shape index (κ1) is 12.3. The molecule has 90 valence electrons. The van der Waals surface area contributed by atoms with E-state index in [-0.39, 0.29) is 0 Å². The average Bonchev–Trinajstić information content (AvgIpc) is 2.73. The fourth-order valence-corrected chi connectivity index (χ4v) is 3.01. The van der Waals surface area contributed by atoms with Gasteiger partial charge in [0.05, 0.1) is 5.69 Å². The highest BCUT2D eigenvalue weighted by atomic mass is 32.1. The fraction of sp³-hybridized carbons (Fsp3) is 0.357. The van der Waals surface area contributed by atoms with Crippen molar-refractivity contribution in [3.8, 4) is 10.6 Å². The Hall–Kier alpha value is -1.19. The van der Waals surface area contributed by atoms with Crippen LogP contribution in [0.5, 0.6) is 0 Å². The zero-order chi connectivity index (χ0) is 12.3. The molecule has 0 aliphatic carbocycles. The quantitative estimate of drug-likeness (QED) is 0.888. The Morgan fingerprint density at radius 1 is 1.29 bits per heavy atom. The van der Waals surface area contributed by atoms with Crippen molar-refractivity contribution in [1.82, 2.24) is 10.3 Å². The molecule has 1 aromatic heterocycles. The average molecular weight is 246 g/mol. The molecule has 3 heteroatoms. The van der Waals surface area contributed by atoms with E-state index in [9.17, 15) is 0 Å². The van der Waals surface area contributed by atoms with Gasteiger partial charge in [0.25, 0.3) is 0 Å². The van der Waals surface area contributed by atoms with Gasteiger partial charge in [0.1, 0.15) is 5.01 Å². The minimum atomic E-state index is 0.384. The van der Waals surface area contributed by atoms with Crippen LogP contribution in [0.3, 0.4) is 0 Å². The maximum atomic E-state index is 4.66. The van der Waals surface area contributed by atoms with Gasteiger partial charge < -0.3 is 5.32 Å². The topological polar surface area (TPSA) is 24.9 Å². The second kappa shape index (κ2) is 5.43. The van der Waals surface area contributed by atoms with Crippen LogP contribution in [0.1, 0.15) is 30.5 Å². The summed E-state index contributed by atoms with van der Waals surface area (Å²) < 4.78 is 0. The van der Waals surface area contributed by atoms with E-state index in [1.54, 1.807) is 11.3 Å². The highest BCUT2D eigenvalue weighted by molar-refractivity contribution is 7.15. The van der Waals surface area contributed by atoms with E-state index in [1.807, 2.05) is 6.07 Å². The maximum absolute atomic E-state index is 4.66. The summed E-state index contributed by atoms with van der Waals surface area (Å²) >= 11 is 1.79. The van der Waals surface area contributed by atoms with E-state index in [0.717, 1.165) is 17.2 Å². The molecule has 17 heavy (non-hydrogen) atoms. The summed E-state index contributed by atoms with van der Waals surface area (Å²) in [6.07, 6.45) is 0. The monoisotopic (exact) mass is 246 g/mol. The van der Waals surface area contributed by atoms with Crippen LogP contribution in [0.15, 0.2) is 30.3 Å². The number of hydrogen-bond donors (Lipinski definition) is 1. The molecule has 0 aliphatic heterocycles. The number of thiazole rings is 1. The van der Waals surface area contributed by atoms with Gasteiger partial charge in [-0.05, 0) is 20.4 Å². The predicted octanol–water partition coefficient (Wildman–Crippen LogP) is 3.79. The van der Waals surface area contributed by atoms with Crippen molar-refractivity contribution in [3.63, 3.8) is 0 Å². The maximum Gasteiger partial charge on any atom is 0.123 e. The normalized spacial score (nSPS) is 12.6. The van der Waals surface area contributed by atoms with Crippen LogP contribution in [0, 0.1) is 6.92 Å². The van der Waals surface area contributed by atoms with E-state index in [1.165, 1.54) is 10.4 Å². The largest absolute Gasteiger partial charge is 0.310 e. The van der Waals surface area contributed by atoms with Crippen molar-refractivity contribution in [1.29, 1.82) is 0 Å². The number of aryl methyl sites for hydroxylation is 1. The van der Waals surface area contributed by atoms with E-state index in [4.69, 9.17) is 0 Å². The van der Waals surface area contributed by atoms with E-state index in [0.29, 0.717) is 6.04 Å². The Bertz CT molecular complexity index is 476. The van der Waals surface area contributed by atoms with Crippen molar-refractivity contribution >= 4 is 11.3 Å². The predicted molar refractivity (Wildman–Crippen MR) is 74.4 cm³/mol. The van der Waals surface area contributed by atoms with Crippen LogP contribution >= 0.6 is 11.3 Å². The zero-order valence-electron chi connectivity index (χ0n) is 10.5. The number of benzene rings is 1. The number of nitrogens with zero attached hydrogens (tertiary/aromatic N) is 1. The van der Waals surface area contributed by atoms with Crippen molar-refractivity contribution in [2.45, 2.75) is 26.8 Å². The smallest absolute Gasteiger partial charge is 0.123 e. The Kier molecular flexibility index (Phi) is 3.92. The van der Waals surface area contributed by atoms with Gasteiger partial charge in [0.2, 0.25) is 0 Å². The molecule has 0 bridgehead atoms. The molecule has 1 heterocycles. The van der Waals surface area contributed by atoms with E-state index >= 15 is 0 Å². The number of hydrogen-bond acceptors (Lipinski definition) is 3. The molecule has 0 aliphatic rings. The summed E-state index contributed by atoms with van der Waals surface area (Å²) in [4.78, 5) is 6.00. The van der Waals surface area contributed by atoms with E-state index < -0.39 is 0 Å². The summed E-state index contributed by atoms with van der Waals surface area (Å²) in [5.41, 5.74) is 2.35. The Labute approximate surface area is 107 Å². The van der Waals surface area contributed by atoms with Gasteiger partial charge >= 0.3 is 0 Å². The molecule has 0 radical (unpaired) electrons. The summed E-state index contributed by atoms with van der Waals surface area (Å²) in [7, 11) is 0. The highest BCUT2D eigenvalue weighted by Gasteiger charge is 2.13. The Morgan fingerprint density at radius 3 is 2.65 bits per heavy atom. The molecule has 0 fully saturated rings. The first-order valence-corrected chi connectivity index (χ1v) is 6.80. The van der Waals surface area contributed by atoms with Crippen molar-refractivity contribution < 1.29 is 0 Å². The Morgan fingerprint density at radius 2 is 2.00 bits per heavy atom. The first-order chi connectivity index (χ1) is 8.22. The number of aromatic nitrogens is 1. The van der Waals surface area contributed by atoms with Crippen LogP contribution in [-0.2, 0) is 0 Å². The number of nitrogens with one attached hydrogen (secondary N) is 1. The molecular formula is C14H18N2S. The van der Waals surface area contributed by atoms with Crippen molar-refractivity contribution in [2.75, 3.05) is 6.54 Å². The molecular weight excluding hydrogens is 228 g/mol. The van der Waals surface area contributed by atoms with Gasteiger partial charge in [-0.25, -0.2) is 4.98 Å². The van der Waals surface area contributed by atoms with Gasteiger partial charge in [0, 0.05) is 16.5 Å². The summed E-state index contributed by atoms with van der Waals surface area (Å²) in [5.74, 6) is 0. The van der Waals surface area contributed by atoms with Crippen molar-refractivity contribution in [3.05, 3.63) is 40.9 Å². The van der Waals surface area contributed by atoms with Crippen LogP contribution < -0.4 is 5.32 Å². The zero-order valence-corrected chi connectivity index (χ0v) is 11.3. The van der Waals surface area contributed by atoms with Crippen LogP contribution in [0.25, 0.3) is 10.6 Å². The molecule has 1 aromatic carbocycles. The first-order valence-electron chi connectivity index (χ1n) is 5.98. The molecule has 2 nitrogen and oxygen atoms in total. The molecule has 1 N–H and O–H groups in total. The lowest BCUT2D eigenvalue weighted by molar-refractivity contribution is 0.603. The third kappa shape index (κ3) is 2.73. The SMILES string of the molecule is CCNC(C)c1sc(-c2ccccc2)nc1C. The molecule has 0 saturated heterocycles. The van der Waals surface area contributed by atoms with Crippen LogP contribution in [-0.4, -0.2) is 11.5 Å². The second-order valence-corrected chi connectivity index (χ2v) is 5.14. The molecule has 0 spiro atoms. The minimum absolute atomic E-state index is 0.384. The van der Waals surface area contributed by atoms with Gasteiger partial charge in [0.15, 0.2) is 0 Å². The standard InChI is InChI=1S/C14H18N2S/c1-4-15-10(2)13-11(3)16-14(17-13)12-8-6-5-7-9-12/h5-10,15H,4H2,1-3H3. The summed E-state index contributed by atoms with van der Waals surface area (Å²) in [6, 6.07) is 10.8. The molecule has 0 saturated carbocycles. The lowest BCUT2D eigenvalue weighted by atomic mass is 10.2. The highest BCUT2D eigenvalue weighted by Crippen LogP contribution is 2.31. The van der Waals surface area contributed by atoms with Gasteiger partial charge in [-0.1, -0.05) is 37.3 Å². The lowest BCUT2D eigenvalue weighted by Gasteiger charge is -2.09. The van der Waals surface area contributed by atoms with E-state index in [2.05, 4.69) is 55.3 Å². The lowest BCUT2D eigenvalue weighted by Crippen LogP contribution is -2.17. The van der Waals surface area contributed by atoms with Gasteiger partial charge in [-0.3, -0.25) is 0 Å². The van der Waals surface area contributed by atoms with Crippen molar-refractivity contribution in [2.24, 2.45) is 0 Å². The molecule has 1 unspecified atom stereocenters. The fourth-order valence-electron chi connectivity index (χ4n) is 1.91. The van der Waals surface area contributed by atoms with Crippen LogP contribution in [0.2, 0.25) is 0 Å². The second-order valence-electron chi connectivity index (χ2n) is 4.11. The molecule has 2 aromatic rings. The molecule has 1 atom stereocenters. The van der Waals surface area contributed by atoms with Gasteiger partial charge in [-0.15, -0.1) is 11.3 Å². The summed E-state index contributed by atoms with van der Waals surface area (Å²) in [6.45, 7) is 7.40. The minimum Gasteiger partial charge on any atom is -0.310 e. The number of rotatable bonds is 4. The van der Waals surface area contributed by atoms with Gasteiger partial charge in [-0.2, -0.15) is 0 Å². The Balaban J connectivity index is 2.31. The third-order valence-corrected chi connectivity index (χ3v) is 4.15.